The summed E-state index contributed by atoms with van der Waals surface area (Å²) in [5.74, 6) is 0.423. The van der Waals surface area contributed by atoms with E-state index < -0.39 is 8.32 Å². The predicted octanol–water partition coefficient (Wildman–Crippen LogP) is 7.20. The summed E-state index contributed by atoms with van der Waals surface area (Å²) in [5, 5.41) is 6.04. The Bertz CT molecular complexity index is 1420. The number of anilines is 1. The van der Waals surface area contributed by atoms with E-state index in [0.29, 0.717) is 22.5 Å². The lowest BCUT2D eigenvalue weighted by atomic mass is 9.95. The van der Waals surface area contributed by atoms with Crippen molar-refractivity contribution < 1.29 is 14.0 Å². The molecule has 1 amide bonds. The van der Waals surface area contributed by atoms with E-state index in [2.05, 4.69) is 54.1 Å². The summed E-state index contributed by atoms with van der Waals surface area (Å²) in [7, 11) is -1.80. The molecule has 1 N–H and O–H groups in total. The topological polar surface area (TPSA) is 86.2 Å². The minimum atomic E-state index is -1.80. The van der Waals surface area contributed by atoms with Gasteiger partial charge in [0.05, 0.1) is 33.1 Å². The molecule has 9 heteroatoms. The molecule has 37 heavy (non-hydrogen) atoms. The Balaban J connectivity index is 1.34. The standard InChI is InChI=1S/C28H34N4O3SSi/c1-28(2,3)37(4,5)35-20-10-8-19(9-11-20)34-24-14-22-18(7-6-12-30-22)13-23(24)32-27(33)21-16-36-25-15-29-17-31-26(21)25/h6-7,12-17,19-20H,8-11H2,1-5H3,(H,32,33). The van der Waals surface area contributed by atoms with Gasteiger partial charge in [-0.25, -0.2) is 9.97 Å². The van der Waals surface area contributed by atoms with E-state index >= 15 is 0 Å². The summed E-state index contributed by atoms with van der Waals surface area (Å²) < 4.78 is 14.1. The number of carbonyl (C=O) groups is 1. The third kappa shape index (κ3) is 5.53. The maximum Gasteiger partial charge on any atom is 0.258 e. The predicted molar refractivity (Wildman–Crippen MR) is 152 cm³/mol. The summed E-state index contributed by atoms with van der Waals surface area (Å²) in [6.07, 6.45) is 9.09. The van der Waals surface area contributed by atoms with Crippen LogP contribution >= 0.6 is 11.3 Å². The van der Waals surface area contributed by atoms with Gasteiger partial charge in [-0.2, -0.15) is 0 Å². The molecule has 0 unspecified atom stereocenters. The number of rotatable bonds is 6. The molecule has 1 aliphatic rings. The molecule has 0 radical (unpaired) electrons. The Labute approximate surface area is 222 Å². The Morgan fingerprint density at radius 2 is 1.86 bits per heavy atom. The minimum Gasteiger partial charge on any atom is -0.488 e. The molecule has 3 aromatic heterocycles. The van der Waals surface area contributed by atoms with Crippen LogP contribution in [0.4, 0.5) is 5.69 Å². The van der Waals surface area contributed by atoms with Crippen molar-refractivity contribution in [2.24, 2.45) is 0 Å². The fourth-order valence-electron chi connectivity index (χ4n) is 4.47. The molecule has 1 fully saturated rings. The average molecular weight is 535 g/mol. The molecule has 5 rings (SSSR count). The molecule has 194 valence electrons. The van der Waals surface area contributed by atoms with Crippen LogP contribution in [0, 0.1) is 0 Å². The molecule has 0 aliphatic heterocycles. The number of thiophene rings is 1. The highest BCUT2D eigenvalue weighted by molar-refractivity contribution is 7.17. The van der Waals surface area contributed by atoms with Gasteiger partial charge >= 0.3 is 0 Å². The summed E-state index contributed by atoms with van der Waals surface area (Å²) in [6, 6.07) is 7.74. The first-order valence-corrected chi connectivity index (χ1v) is 16.6. The lowest BCUT2D eigenvalue weighted by molar-refractivity contribution is 0.0729. The van der Waals surface area contributed by atoms with E-state index in [1.807, 2.05) is 29.6 Å². The zero-order chi connectivity index (χ0) is 26.2. The first kappa shape index (κ1) is 25.8. The van der Waals surface area contributed by atoms with Gasteiger partial charge in [0.15, 0.2) is 8.32 Å². The third-order valence-electron chi connectivity index (χ3n) is 7.62. The highest BCUT2D eigenvalue weighted by Crippen LogP contribution is 2.40. The number of fused-ring (bicyclic) bond motifs is 2. The molecule has 7 nitrogen and oxygen atoms in total. The van der Waals surface area contributed by atoms with Crippen LogP contribution in [0.25, 0.3) is 21.1 Å². The van der Waals surface area contributed by atoms with Gasteiger partial charge in [-0.15, -0.1) is 11.3 Å². The fourth-order valence-corrected chi connectivity index (χ4v) is 6.75. The van der Waals surface area contributed by atoms with Gasteiger partial charge in [-0.1, -0.05) is 26.8 Å². The quantitative estimate of drug-likeness (QED) is 0.263. The zero-order valence-electron chi connectivity index (χ0n) is 22.1. The van der Waals surface area contributed by atoms with Gasteiger partial charge in [-0.05, 0) is 55.9 Å². The van der Waals surface area contributed by atoms with Crippen molar-refractivity contribution in [3.05, 3.63) is 53.9 Å². The van der Waals surface area contributed by atoms with Crippen molar-refractivity contribution in [2.75, 3.05) is 5.32 Å². The van der Waals surface area contributed by atoms with E-state index in [1.165, 1.54) is 17.7 Å². The second-order valence-corrected chi connectivity index (χ2v) is 16.9. The second kappa shape index (κ2) is 10.1. The summed E-state index contributed by atoms with van der Waals surface area (Å²) in [5.41, 5.74) is 2.66. The van der Waals surface area contributed by atoms with Crippen molar-refractivity contribution >= 4 is 52.4 Å². The van der Waals surface area contributed by atoms with E-state index in [1.54, 1.807) is 12.4 Å². The molecular formula is C28H34N4O3SSi. The van der Waals surface area contributed by atoms with Crippen molar-refractivity contribution in [3.8, 4) is 5.75 Å². The molecule has 0 saturated heterocycles. The summed E-state index contributed by atoms with van der Waals surface area (Å²) >= 11 is 1.46. The fraction of sp³-hybridized carbons (Fsp3) is 0.429. The zero-order valence-corrected chi connectivity index (χ0v) is 23.9. The summed E-state index contributed by atoms with van der Waals surface area (Å²) in [4.78, 5) is 26.1. The monoisotopic (exact) mass is 534 g/mol. The number of nitrogens with zero attached hydrogens (tertiary/aromatic N) is 3. The highest BCUT2D eigenvalue weighted by Gasteiger charge is 2.40. The first-order chi connectivity index (χ1) is 17.6. The Kier molecular flexibility index (Phi) is 7.04. The lowest BCUT2D eigenvalue weighted by Crippen LogP contribution is -2.45. The Morgan fingerprint density at radius 1 is 1.11 bits per heavy atom. The van der Waals surface area contributed by atoms with Gasteiger partial charge in [0, 0.05) is 35.3 Å². The number of hydrogen-bond acceptors (Lipinski definition) is 7. The first-order valence-electron chi connectivity index (χ1n) is 12.8. The van der Waals surface area contributed by atoms with Gasteiger partial charge < -0.3 is 14.5 Å². The molecule has 3 heterocycles. The molecule has 0 spiro atoms. The van der Waals surface area contributed by atoms with Crippen LogP contribution in [-0.4, -0.2) is 41.4 Å². The van der Waals surface area contributed by atoms with E-state index in [4.69, 9.17) is 9.16 Å². The number of benzene rings is 1. The van der Waals surface area contributed by atoms with Crippen molar-refractivity contribution in [1.82, 2.24) is 15.0 Å². The van der Waals surface area contributed by atoms with E-state index in [-0.39, 0.29) is 23.2 Å². The van der Waals surface area contributed by atoms with Crippen LogP contribution in [0.15, 0.2) is 48.4 Å². The summed E-state index contributed by atoms with van der Waals surface area (Å²) in [6.45, 7) is 11.5. The van der Waals surface area contributed by atoms with Crippen LogP contribution < -0.4 is 10.1 Å². The van der Waals surface area contributed by atoms with Gasteiger partial charge in [0.1, 0.15) is 12.1 Å². The third-order valence-corrected chi connectivity index (χ3v) is 13.1. The average Bonchev–Trinajstić information content (AvgIpc) is 3.29. The molecule has 1 saturated carbocycles. The molecule has 0 bridgehead atoms. The van der Waals surface area contributed by atoms with Crippen molar-refractivity contribution in [2.45, 2.75) is 76.8 Å². The normalized spacial score (nSPS) is 18.7. The number of carbonyl (C=O) groups excluding carboxylic acids is 1. The number of hydrogen-bond donors (Lipinski definition) is 1. The van der Waals surface area contributed by atoms with E-state index in [9.17, 15) is 4.79 Å². The maximum atomic E-state index is 13.3. The number of amides is 1. The maximum absolute atomic E-state index is 13.3. The number of ether oxygens (including phenoxy) is 1. The Hall–Kier alpha value is -2.88. The van der Waals surface area contributed by atoms with Gasteiger partial charge in [-0.3, -0.25) is 9.78 Å². The Morgan fingerprint density at radius 3 is 2.62 bits per heavy atom. The molecule has 1 aliphatic carbocycles. The molecule has 1 aromatic carbocycles. The van der Waals surface area contributed by atoms with Crippen molar-refractivity contribution in [3.63, 3.8) is 0 Å². The van der Waals surface area contributed by atoms with Crippen LogP contribution in [-0.2, 0) is 4.43 Å². The van der Waals surface area contributed by atoms with Crippen LogP contribution in [0.2, 0.25) is 18.1 Å². The molecule has 0 atom stereocenters. The van der Waals surface area contributed by atoms with Gasteiger partial charge in [0.2, 0.25) is 0 Å². The minimum absolute atomic E-state index is 0.0609. The smallest absolute Gasteiger partial charge is 0.258 e. The molecular weight excluding hydrogens is 500 g/mol. The highest BCUT2D eigenvalue weighted by atomic mass is 32.1. The number of pyridine rings is 1. The SMILES string of the molecule is CC(C)(C)[Si](C)(C)OC1CCC(Oc2cc3ncccc3cc2NC(=O)c2csc3cncnc23)CC1. The lowest BCUT2D eigenvalue weighted by Gasteiger charge is -2.41. The van der Waals surface area contributed by atoms with Gasteiger partial charge in [0.25, 0.3) is 5.91 Å². The second-order valence-electron chi connectivity index (χ2n) is 11.3. The van der Waals surface area contributed by atoms with Crippen molar-refractivity contribution in [1.29, 1.82) is 0 Å². The number of aromatic nitrogens is 3. The molecule has 4 aromatic rings. The number of nitrogens with one attached hydrogen (secondary N) is 1. The van der Waals surface area contributed by atoms with Crippen LogP contribution in [0.3, 0.4) is 0 Å². The van der Waals surface area contributed by atoms with Crippen LogP contribution in [0.5, 0.6) is 5.75 Å². The van der Waals surface area contributed by atoms with E-state index in [0.717, 1.165) is 41.3 Å². The van der Waals surface area contributed by atoms with Crippen LogP contribution in [0.1, 0.15) is 56.8 Å². The largest absolute Gasteiger partial charge is 0.488 e.